The van der Waals surface area contributed by atoms with Crippen molar-refractivity contribution in [1.82, 2.24) is 14.9 Å². The first-order valence-electron chi connectivity index (χ1n) is 8.60. The third kappa shape index (κ3) is 3.57. The molecular formula is C21H17FN4OS. The van der Waals surface area contributed by atoms with Gasteiger partial charge in [-0.3, -0.25) is 4.79 Å². The number of halogens is 1. The lowest BCUT2D eigenvalue weighted by atomic mass is 10.2. The van der Waals surface area contributed by atoms with Gasteiger partial charge in [-0.25, -0.2) is 14.4 Å². The van der Waals surface area contributed by atoms with Gasteiger partial charge in [-0.2, -0.15) is 0 Å². The van der Waals surface area contributed by atoms with E-state index in [4.69, 9.17) is 0 Å². The van der Waals surface area contributed by atoms with E-state index in [-0.39, 0.29) is 11.7 Å². The van der Waals surface area contributed by atoms with Gasteiger partial charge in [0.1, 0.15) is 12.1 Å². The second kappa shape index (κ2) is 7.36. The lowest BCUT2D eigenvalue weighted by molar-refractivity contribution is 0.0827. The maximum atomic E-state index is 13.2. The van der Waals surface area contributed by atoms with E-state index in [1.807, 2.05) is 18.2 Å². The van der Waals surface area contributed by atoms with Gasteiger partial charge in [0.2, 0.25) is 0 Å². The average Bonchev–Trinajstić information content (AvgIpc) is 3.14. The third-order valence-corrected chi connectivity index (χ3v) is 5.42. The summed E-state index contributed by atoms with van der Waals surface area (Å²) in [6.07, 6.45) is 1.51. The Morgan fingerprint density at radius 1 is 1.04 bits per heavy atom. The van der Waals surface area contributed by atoms with Crippen LogP contribution in [0.1, 0.15) is 10.4 Å². The topological polar surface area (TPSA) is 58.1 Å². The monoisotopic (exact) mass is 392 g/mol. The molecule has 2 aromatic heterocycles. The highest BCUT2D eigenvalue weighted by Gasteiger charge is 2.12. The number of thiophene rings is 1. The minimum atomic E-state index is -0.261. The number of anilines is 2. The number of nitrogens with one attached hydrogen (secondary N) is 1. The van der Waals surface area contributed by atoms with Crippen LogP contribution in [0.5, 0.6) is 0 Å². The van der Waals surface area contributed by atoms with Crippen LogP contribution < -0.4 is 5.32 Å². The van der Waals surface area contributed by atoms with E-state index in [1.54, 1.807) is 54.6 Å². The maximum absolute atomic E-state index is 13.2. The Bertz CT molecular complexity index is 1140. The van der Waals surface area contributed by atoms with Crippen LogP contribution in [-0.4, -0.2) is 34.9 Å². The van der Waals surface area contributed by atoms with E-state index in [2.05, 4.69) is 15.3 Å². The number of rotatable bonds is 4. The molecule has 4 rings (SSSR count). The van der Waals surface area contributed by atoms with Crippen LogP contribution in [0.25, 0.3) is 20.7 Å². The minimum absolute atomic E-state index is 0.0434. The van der Waals surface area contributed by atoms with Crippen molar-refractivity contribution in [2.24, 2.45) is 0 Å². The molecule has 1 amide bonds. The van der Waals surface area contributed by atoms with E-state index >= 15 is 0 Å². The molecule has 140 valence electrons. The van der Waals surface area contributed by atoms with Gasteiger partial charge < -0.3 is 10.2 Å². The number of amides is 1. The van der Waals surface area contributed by atoms with E-state index in [0.29, 0.717) is 11.4 Å². The molecule has 4 aromatic rings. The zero-order chi connectivity index (χ0) is 19.7. The molecule has 0 saturated heterocycles. The highest BCUT2D eigenvalue weighted by molar-refractivity contribution is 7.22. The molecular weight excluding hydrogens is 375 g/mol. The fourth-order valence-electron chi connectivity index (χ4n) is 2.79. The molecule has 0 fully saturated rings. The summed E-state index contributed by atoms with van der Waals surface area (Å²) in [7, 11) is 3.45. The molecule has 0 aliphatic heterocycles. The molecule has 1 N–H and O–H groups in total. The highest BCUT2D eigenvalue weighted by Crippen LogP contribution is 2.36. The molecule has 7 heteroatoms. The van der Waals surface area contributed by atoms with Crippen molar-refractivity contribution in [1.29, 1.82) is 0 Å². The van der Waals surface area contributed by atoms with Crippen LogP contribution in [0.2, 0.25) is 0 Å². The number of aromatic nitrogens is 2. The zero-order valence-electron chi connectivity index (χ0n) is 15.3. The fraction of sp³-hybridized carbons (Fsp3) is 0.0952. The number of hydrogen-bond acceptors (Lipinski definition) is 5. The van der Waals surface area contributed by atoms with Gasteiger partial charge in [0.15, 0.2) is 5.82 Å². The minimum Gasteiger partial charge on any atom is -0.345 e. The quantitative estimate of drug-likeness (QED) is 0.534. The first kappa shape index (κ1) is 18.1. The highest BCUT2D eigenvalue weighted by atomic mass is 32.1. The molecule has 0 radical (unpaired) electrons. The van der Waals surface area contributed by atoms with Crippen molar-refractivity contribution in [3.63, 3.8) is 0 Å². The lowest BCUT2D eigenvalue weighted by Gasteiger charge is -2.11. The molecule has 5 nitrogen and oxygen atoms in total. The average molecular weight is 392 g/mol. The number of hydrogen-bond donors (Lipinski definition) is 1. The molecule has 0 aliphatic rings. The summed E-state index contributed by atoms with van der Waals surface area (Å²) < 4.78 is 14.1. The summed E-state index contributed by atoms with van der Waals surface area (Å²) in [5, 5.41) is 3.29. The van der Waals surface area contributed by atoms with E-state index < -0.39 is 0 Å². The standard InChI is InChI=1S/C21H17FN4OS/c1-26(2)21(27)14-5-9-16(10-6-14)25-20-19-17(23-12-24-20)11-18(28-19)13-3-7-15(22)8-4-13/h3-12H,1-2H3,(H,23,24,25). The van der Waals surface area contributed by atoms with Crippen molar-refractivity contribution >= 4 is 39.0 Å². The zero-order valence-corrected chi connectivity index (χ0v) is 16.1. The van der Waals surface area contributed by atoms with Crippen molar-refractivity contribution in [3.8, 4) is 10.4 Å². The van der Waals surface area contributed by atoms with E-state index in [1.165, 1.54) is 18.5 Å². The molecule has 2 aromatic carbocycles. The van der Waals surface area contributed by atoms with Crippen molar-refractivity contribution < 1.29 is 9.18 Å². The molecule has 0 bridgehead atoms. The molecule has 0 saturated carbocycles. The van der Waals surface area contributed by atoms with Gasteiger partial charge in [-0.05, 0) is 48.0 Å². The van der Waals surface area contributed by atoms with Crippen LogP contribution >= 0.6 is 11.3 Å². The van der Waals surface area contributed by atoms with Gasteiger partial charge in [-0.15, -0.1) is 11.3 Å². The van der Waals surface area contributed by atoms with Crippen LogP contribution in [0.3, 0.4) is 0 Å². The Kier molecular flexibility index (Phi) is 4.75. The predicted octanol–water partition coefficient (Wildman–Crippen LogP) is 4.94. The van der Waals surface area contributed by atoms with Crippen LogP contribution in [0.15, 0.2) is 60.9 Å². The van der Waals surface area contributed by atoms with Gasteiger partial charge in [-0.1, -0.05) is 12.1 Å². The first-order chi connectivity index (χ1) is 13.5. The van der Waals surface area contributed by atoms with Crippen molar-refractivity contribution in [2.75, 3.05) is 19.4 Å². The van der Waals surface area contributed by atoms with Gasteiger partial charge in [0.05, 0.1) is 10.2 Å². The third-order valence-electron chi connectivity index (χ3n) is 4.24. The predicted molar refractivity (Wildman–Crippen MR) is 111 cm³/mol. The normalized spacial score (nSPS) is 10.8. The second-order valence-electron chi connectivity index (χ2n) is 6.46. The molecule has 28 heavy (non-hydrogen) atoms. The molecule has 0 aliphatic carbocycles. The maximum Gasteiger partial charge on any atom is 0.253 e. The summed E-state index contributed by atoms with van der Waals surface area (Å²) >= 11 is 1.54. The Morgan fingerprint density at radius 2 is 1.75 bits per heavy atom. The van der Waals surface area contributed by atoms with Crippen LogP contribution in [0.4, 0.5) is 15.9 Å². The van der Waals surface area contributed by atoms with Crippen molar-refractivity contribution in [2.45, 2.75) is 0 Å². The summed E-state index contributed by atoms with van der Waals surface area (Å²) in [6, 6.07) is 15.6. The van der Waals surface area contributed by atoms with Crippen LogP contribution in [0, 0.1) is 5.82 Å². The number of carbonyl (C=O) groups excluding carboxylic acids is 1. The molecule has 0 spiro atoms. The Balaban J connectivity index is 1.64. The Hall–Kier alpha value is -3.32. The largest absolute Gasteiger partial charge is 0.345 e. The summed E-state index contributed by atoms with van der Waals surface area (Å²) in [4.78, 5) is 23.2. The number of nitrogens with zero attached hydrogens (tertiary/aromatic N) is 3. The summed E-state index contributed by atoms with van der Waals surface area (Å²) in [5.74, 6) is 0.386. The smallest absolute Gasteiger partial charge is 0.253 e. The molecule has 0 atom stereocenters. The number of carbonyl (C=O) groups is 1. The van der Waals surface area contributed by atoms with E-state index in [0.717, 1.165) is 26.3 Å². The van der Waals surface area contributed by atoms with E-state index in [9.17, 15) is 9.18 Å². The Morgan fingerprint density at radius 3 is 2.43 bits per heavy atom. The molecule has 0 unspecified atom stereocenters. The summed E-state index contributed by atoms with van der Waals surface area (Å²) in [6.45, 7) is 0. The first-order valence-corrected chi connectivity index (χ1v) is 9.42. The molecule has 2 heterocycles. The van der Waals surface area contributed by atoms with Gasteiger partial charge in [0, 0.05) is 30.2 Å². The Labute approximate surface area is 165 Å². The fourth-order valence-corrected chi connectivity index (χ4v) is 3.85. The SMILES string of the molecule is CN(C)C(=O)c1ccc(Nc2ncnc3cc(-c4ccc(F)cc4)sc23)cc1. The van der Waals surface area contributed by atoms with Crippen LogP contribution in [-0.2, 0) is 0 Å². The van der Waals surface area contributed by atoms with Gasteiger partial charge in [0.25, 0.3) is 5.91 Å². The van der Waals surface area contributed by atoms with Crippen molar-refractivity contribution in [3.05, 3.63) is 72.3 Å². The number of benzene rings is 2. The second-order valence-corrected chi connectivity index (χ2v) is 7.51. The van der Waals surface area contributed by atoms with Gasteiger partial charge >= 0.3 is 0 Å². The lowest BCUT2D eigenvalue weighted by Crippen LogP contribution is -2.21. The number of fused-ring (bicyclic) bond motifs is 1. The summed E-state index contributed by atoms with van der Waals surface area (Å²) in [5.41, 5.74) is 3.20.